The molecule has 1 aromatic heterocycles. The van der Waals surface area contributed by atoms with E-state index in [2.05, 4.69) is 24.9 Å². The number of aliphatic hydroxyl groups excluding tert-OH is 1. The highest BCUT2D eigenvalue weighted by Crippen LogP contribution is 2.41. The van der Waals surface area contributed by atoms with Crippen molar-refractivity contribution in [3.05, 3.63) is 53.9 Å². The van der Waals surface area contributed by atoms with Gasteiger partial charge in [0.2, 0.25) is 0 Å². The number of aliphatic hydroxyl groups is 1. The van der Waals surface area contributed by atoms with Crippen molar-refractivity contribution in [3.8, 4) is 11.5 Å². The molecule has 0 radical (unpaired) electrons. The smallest absolute Gasteiger partial charge is 0.165 e. The molecular formula is C19H25N2O3+. The number of quaternary nitrogens is 1. The third-order valence-corrected chi connectivity index (χ3v) is 4.00. The number of nitrogens with two attached hydrogens (primary N) is 1. The molecule has 5 heteroatoms. The number of aromatic nitrogens is 1. The van der Waals surface area contributed by atoms with Crippen LogP contribution < -0.4 is 14.8 Å². The molecular weight excluding hydrogens is 304 g/mol. The highest BCUT2D eigenvalue weighted by atomic mass is 16.5. The molecule has 2 heterocycles. The Morgan fingerprint density at radius 3 is 2.96 bits per heavy atom. The van der Waals surface area contributed by atoms with E-state index >= 15 is 0 Å². The van der Waals surface area contributed by atoms with E-state index in [0.717, 1.165) is 30.0 Å². The lowest BCUT2D eigenvalue weighted by Crippen LogP contribution is -2.85. The van der Waals surface area contributed by atoms with Gasteiger partial charge in [-0.2, -0.15) is 0 Å². The summed E-state index contributed by atoms with van der Waals surface area (Å²) in [6.45, 7) is 5.70. The predicted molar refractivity (Wildman–Crippen MR) is 91.1 cm³/mol. The van der Waals surface area contributed by atoms with Crippen molar-refractivity contribution in [1.29, 1.82) is 0 Å². The molecule has 3 rings (SSSR count). The Bertz CT molecular complexity index is 674. The summed E-state index contributed by atoms with van der Waals surface area (Å²) in [6.07, 6.45) is 2.11. The summed E-state index contributed by atoms with van der Waals surface area (Å²) in [6, 6.07) is 11.8. The normalized spacial score (nSPS) is 16.3. The van der Waals surface area contributed by atoms with Crippen LogP contribution in [0.3, 0.4) is 0 Å². The van der Waals surface area contributed by atoms with E-state index in [1.54, 1.807) is 6.20 Å². The molecule has 0 saturated heterocycles. The van der Waals surface area contributed by atoms with Gasteiger partial charge in [-0.25, -0.2) is 0 Å². The van der Waals surface area contributed by atoms with Gasteiger partial charge in [0.05, 0.1) is 5.69 Å². The van der Waals surface area contributed by atoms with Gasteiger partial charge >= 0.3 is 0 Å². The van der Waals surface area contributed by atoms with Crippen molar-refractivity contribution in [3.63, 3.8) is 0 Å². The van der Waals surface area contributed by atoms with E-state index in [4.69, 9.17) is 9.47 Å². The fraction of sp³-hybridized carbons (Fsp3) is 0.421. The molecule has 2 aromatic rings. The zero-order valence-electron chi connectivity index (χ0n) is 14.2. The summed E-state index contributed by atoms with van der Waals surface area (Å²) in [5.74, 6) is 1.52. The molecule has 24 heavy (non-hydrogen) atoms. The monoisotopic (exact) mass is 329 g/mol. The van der Waals surface area contributed by atoms with Crippen molar-refractivity contribution >= 4 is 0 Å². The number of rotatable bonds is 7. The van der Waals surface area contributed by atoms with E-state index in [9.17, 15) is 5.11 Å². The third kappa shape index (κ3) is 4.24. The molecule has 3 N–H and O–H groups in total. The molecule has 0 unspecified atom stereocenters. The Morgan fingerprint density at radius 1 is 1.29 bits per heavy atom. The second-order valence-electron chi connectivity index (χ2n) is 6.80. The van der Waals surface area contributed by atoms with Crippen LogP contribution >= 0.6 is 0 Å². The minimum atomic E-state index is -0.543. The molecule has 1 atom stereocenters. The molecule has 1 aliphatic heterocycles. The first-order chi connectivity index (χ1) is 11.5. The number of nitrogens with zero attached hydrogens (tertiary/aromatic N) is 1. The summed E-state index contributed by atoms with van der Waals surface area (Å²) in [4.78, 5) is 4.26. The zero-order chi connectivity index (χ0) is 17.0. The number of pyridine rings is 1. The van der Waals surface area contributed by atoms with Gasteiger partial charge in [-0.15, -0.1) is 0 Å². The van der Waals surface area contributed by atoms with Gasteiger partial charge in [0.25, 0.3) is 0 Å². The SMILES string of the molecule is CC1(C)Cc2cccc(OC[C@@H](O)C[NH2+]Cc3ccccn3)c2O1. The number of benzene rings is 1. The first-order valence-corrected chi connectivity index (χ1v) is 8.37. The average molecular weight is 329 g/mol. The molecule has 1 aromatic carbocycles. The number of para-hydroxylation sites is 1. The number of fused-ring (bicyclic) bond motifs is 1. The molecule has 0 bridgehead atoms. The van der Waals surface area contributed by atoms with Crippen molar-refractivity contribution in [1.82, 2.24) is 4.98 Å². The van der Waals surface area contributed by atoms with Crippen molar-refractivity contribution in [2.24, 2.45) is 0 Å². The maximum absolute atomic E-state index is 10.1. The average Bonchev–Trinajstić information content (AvgIpc) is 2.88. The van der Waals surface area contributed by atoms with Crippen LogP contribution in [0, 0.1) is 0 Å². The third-order valence-electron chi connectivity index (χ3n) is 4.00. The summed E-state index contributed by atoms with van der Waals surface area (Å²) in [7, 11) is 0. The lowest BCUT2D eigenvalue weighted by atomic mass is 10.0. The highest BCUT2D eigenvalue weighted by Gasteiger charge is 2.32. The molecule has 0 saturated carbocycles. The summed E-state index contributed by atoms with van der Waals surface area (Å²) in [5.41, 5.74) is 1.97. The minimum absolute atomic E-state index is 0.198. The van der Waals surface area contributed by atoms with E-state index in [0.29, 0.717) is 12.3 Å². The van der Waals surface area contributed by atoms with Crippen molar-refractivity contribution in [2.75, 3.05) is 13.2 Å². The van der Waals surface area contributed by atoms with Gasteiger partial charge in [0.1, 0.15) is 31.4 Å². The number of hydrogen-bond acceptors (Lipinski definition) is 4. The van der Waals surface area contributed by atoms with Gasteiger partial charge in [-0.05, 0) is 32.0 Å². The molecule has 0 aliphatic carbocycles. The molecule has 5 nitrogen and oxygen atoms in total. The molecule has 0 spiro atoms. The quantitative estimate of drug-likeness (QED) is 0.803. The Balaban J connectivity index is 1.47. The lowest BCUT2D eigenvalue weighted by molar-refractivity contribution is -0.677. The van der Waals surface area contributed by atoms with Crippen LogP contribution in [0.15, 0.2) is 42.6 Å². The Hall–Kier alpha value is -2.11. The zero-order valence-corrected chi connectivity index (χ0v) is 14.2. The van der Waals surface area contributed by atoms with Crippen LogP contribution in [0.4, 0.5) is 0 Å². The van der Waals surface area contributed by atoms with Crippen LogP contribution in [-0.2, 0) is 13.0 Å². The van der Waals surface area contributed by atoms with Gasteiger partial charge < -0.3 is 19.9 Å². The van der Waals surface area contributed by atoms with Crippen LogP contribution in [0.25, 0.3) is 0 Å². The van der Waals surface area contributed by atoms with Crippen molar-refractivity contribution < 1.29 is 19.9 Å². The van der Waals surface area contributed by atoms with E-state index < -0.39 is 6.10 Å². The Kier molecular flexibility index (Phi) is 5.02. The maximum atomic E-state index is 10.1. The summed E-state index contributed by atoms with van der Waals surface area (Å²) >= 11 is 0. The molecule has 0 amide bonds. The molecule has 128 valence electrons. The second kappa shape index (κ2) is 7.20. The van der Waals surface area contributed by atoms with E-state index in [1.807, 2.05) is 35.6 Å². The summed E-state index contributed by atoms with van der Waals surface area (Å²) < 4.78 is 11.8. The van der Waals surface area contributed by atoms with Crippen LogP contribution in [-0.4, -0.2) is 34.9 Å². The predicted octanol–water partition coefficient (Wildman–Crippen LogP) is 1.30. The molecule has 0 fully saturated rings. The lowest BCUT2D eigenvalue weighted by Gasteiger charge is -2.18. The fourth-order valence-corrected chi connectivity index (χ4v) is 2.90. The first kappa shape index (κ1) is 16.7. The Morgan fingerprint density at radius 2 is 2.17 bits per heavy atom. The van der Waals surface area contributed by atoms with Crippen LogP contribution in [0.1, 0.15) is 25.1 Å². The van der Waals surface area contributed by atoms with E-state index in [-0.39, 0.29) is 12.2 Å². The maximum Gasteiger partial charge on any atom is 0.165 e. The summed E-state index contributed by atoms with van der Waals surface area (Å²) in [5, 5.41) is 12.2. The van der Waals surface area contributed by atoms with Crippen LogP contribution in [0.5, 0.6) is 11.5 Å². The number of hydrogen-bond donors (Lipinski definition) is 2. The molecule has 1 aliphatic rings. The van der Waals surface area contributed by atoms with Gasteiger partial charge in [-0.1, -0.05) is 18.2 Å². The standard InChI is InChI=1S/C19H24N2O3/c1-19(2)10-14-6-5-8-17(18(14)24-19)23-13-16(22)12-20-11-15-7-3-4-9-21-15/h3-9,16,20,22H,10-13H2,1-2H3/p+1/t16-/m0/s1. The number of ether oxygens (including phenoxy) is 2. The first-order valence-electron chi connectivity index (χ1n) is 8.37. The van der Waals surface area contributed by atoms with E-state index in [1.165, 1.54) is 0 Å². The Labute approximate surface area is 142 Å². The van der Waals surface area contributed by atoms with Gasteiger partial charge in [0.15, 0.2) is 11.5 Å². The van der Waals surface area contributed by atoms with Gasteiger partial charge in [-0.3, -0.25) is 4.98 Å². The van der Waals surface area contributed by atoms with Gasteiger partial charge in [0, 0.05) is 18.2 Å². The second-order valence-corrected chi connectivity index (χ2v) is 6.80. The van der Waals surface area contributed by atoms with Crippen LogP contribution in [0.2, 0.25) is 0 Å². The minimum Gasteiger partial charge on any atom is -0.487 e. The topological polar surface area (TPSA) is 68.2 Å². The van der Waals surface area contributed by atoms with Crippen molar-refractivity contribution in [2.45, 2.75) is 38.5 Å². The largest absolute Gasteiger partial charge is 0.487 e. The fourth-order valence-electron chi connectivity index (χ4n) is 2.90. The highest BCUT2D eigenvalue weighted by molar-refractivity contribution is 5.50.